The predicted molar refractivity (Wildman–Crippen MR) is 96.6 cm³/mol. The van der Waals surface area contributed by atoms with Gasteiger partial charge < -0.3 is 9.47 Å². The molecule has 0 aliphatic carbocycles. The third-order valence-corrected chi connectivity index (χ3v) is 5.38. The van der Waals surface area contributed by atoms with Crippen LogP contribution in [0.5, 0.6) is 11.5 Å². The van der Waals surface area contributed by atoms with Gasteiger partial charge in [0.1, 0.15) is 13.2 Å². The van der Waals surface area contributed by atoms with Gasteiger partial charge in [-0.25, -0.2) is 0 Å². The van der Waals surface area contributed by atoms with Crippen LogP contribution < -0.4 is 9.47 Å². The Morgan fingerprint density at radius 1 is 1.29 bits per heavy atom. The van der Waals surface area contributed by atoms with E-state index in [0.717, 1.165) is 5.56 Å². The molecule has 1 aliphatic heterocycles. The van der Waals surface area contributed by atoms with E-state index < -0.39 is 21.1 Å². The molecule has 1 heterocycles. The van der Waals surface area contributed by atoms with Crippen molar-refractivity contribution in [2.24, 2.45) is 0 Å². The maximum absolute atomic E-state index is 12.3. The highest BCUT2D eigenvalue weighted by Gasteiger charge is 2.30. The van der Waals surface area contributed by atoms with Crippen molar-refractivity contribution in [1.82, 2.24) is 0 Å². The van der Waals surface area contributed by atoms with E-state index in [1.165, 1.54) is 24.3 Å². The quantitative estimate of drug-likeness (QED) is 0.408. The summed E-state index contributed by atoms with van der Waals surface area (Å²) in [6.07, 6.45) is -1.06. The van der Waals surface area contributed by atoms with Gasteiger partial charge in [-0.1, -0.05) is 17.7 Å². The Morgan fingerprint density at radius 3 is 2.64 bits per heavy atom. The number of fused-ring (bicyclic) bond motifs is 1. The Bertz CT molecular complexity index is 1040. The average Bonchev–Trinajstić information content (AvgIpc) is 2.67. The second kappa shape index (κ2) is 7.84. The van der Waals surface area contributed by atoms with Gasteiger partial charge in [-0.05, 0) is 25.1 Å². The fourth-order valence-corrected chi connectivity index (χ4v) is 3.60. The average molecular weight is 404 g/mol. The molecule has 2 aromatic rings. The highest BCUT2D eigenvalue weighted by atomic mass is 32.2. The minimum atomic E-state index is -3.99. The zero-order chi connectivity index (χ0) is 20.3. The zero-order valence-corrected chi connectivity index (χ0v) is 15.6. The van der Waals surface area contributed by atoms with E-state index >= 15 is 0 Å². The van der Waals surface area contributed by atoms with Crippen molar-refractivity contribution in [3.05, 3.63) is 57.6 Å². The molecule has 146 valence electrons. The van der Waals surface area contributed by atoms with E-state index in [1.807, 2.05) is 13.0 Å². The van der Waals surface area contributed by atoms with Gasteiger partial charge >= 0.3 is 0 Å². The number of nitro benzene ring substituents is 1. The van der Waals surface area contributed by atoms with E-state index in [0.29, 0.717) is 0 Å². The number of nitro groups is 1. The summed E-state index contributed by atoms with van der Waals surface area (Å²) in [6, 6.07) is 10.7. The molecule has 0 bridgehead atoms. The standard InChI is InChI=1S/C18H16N2O7S/c1-12-2-4-14(5-3-12)28(23,24)26-11-13-10-25-17-7-6-16(20(21)22)15(8-9-19)18(17)27-13/h2-7,13H,8,10-11H2,1H3. The Kier molecular flexibility index (Phi) is 5.48. The lowest BCUT2D eigenvalue weighted by Crippen LogP contribution is -2.34. The topological polar surface area (TPSA) is 129 Å². The lowest BCUT2D eigenvalue weighted by atomic mass is 10.1. The number of hydrogen-bond acceptors (Lipinski definition) is 8. The molecule has 3 rings (SSSR count). The highest BCUT2D eigenvalue weighted by Crippen LogP contribution is 2.40. The predicted octanol–water partition coefficient (Wildman–Crippen LogP) is 2.51. The molecule has 9 nitrogen and oxygen atoms in total. The van der Waals surface area contributed by atoms with Crippen molar-refractivity contribution in [2.45, 2.75) is 24.3 Å². The van der Waals surface area contributed by atoms with Crippen LogP contribution in [-0.2, 0) is 20.7 Å². The molecular weight excluding hydrogens is 388 g/mol. The summed E-state index contributed by atoms with van der Waals surface area (Å²) in [5.74, 6) is 0.317. The minimum Gasteiger partial charge on any atom is -0.486 e. The van der Waals surface area contributed by atoms with E-state index in [4.69, 9.17) is 18.9 Å². The van der Waals surface area contributed by atoms with Crippen LogP contribution >= 0.6 is 0 Å². The van der Waals surface area contributed by atoms with Crippen molar-refractivity contribution < 1.29 is 27.0 Å². The summed E-state index contributed by atoms with van der Waals surface area (Å²) in [5.41, 5.74) is 0.722. The van der Waals surface area contributed by atoms with Crippen molar-refractivity contribution in [3.8, 4) is 17.6 Å². The lowest BCUT2D eigenvalue weighted by Gasteiger charge is -2.27. The summed E-state index contributed by atoms with van der Waals surface area (Å²) >= 11 is 0. The number of aryl methyl sites for hydroxylation is 1. The van der Waals surface area contributed by atoms with E-state index in [1.54, 1.807) is 12.1 Å². The molecule has 1 unspecified atom stereocenters. The maximum Gasteiger partial charge on any atom is 0.297 e. The number of hydrogen-bond donors (Lipinski definition) is 0. The zero-order valence-electron chi connectivity index (χ0n) is 14.8. The Labute approximate surface area is 161 Å². The summed E-state index contributed by atoms with van der Waals surface area (Å²) in [6.45, 7) is 1.49. The fraction of sp³-hybridized carbons (Fsp3) is 0.278. The van der Waals surface area contributed by atoms with E-state index in [-0.39, 0.29) is 47.3 Å². The first-order valence-electron chi connectivity index (χ1n) is 8.24. The molecule has 1 aliphatic rings. The van der Waals surface area contributed by atoms with Crippen molar-refractivity contribution in [3.63, 3.8) is 0 Å². The largest absolute Gasteiger partial charge is 0.486 e. The fourth-order valence-electron chi connectivity index (χ4n) is 2.66. The van der Waals surface area contributed by atoms with Gasteiger partial charge in [0.15, 0.2) is 17.6 Å². The number of benzene rings is 2. The summed E-state index contributed by atoms with van der Waals surface area (Å²) in [7, 11) is -3.99. The van der Waals surface area contributed by atoms with Crippen LogP contribution in [0.25, 0.3) is 0 Å². The summed E-state index contributed by atoms with van der Waals surface area (Å²) in [4.78, 5) is 10.6. The minimum absolute atomic E-state index is 0.000221. The molecule has 0 fully saturated rings. The molecule has 0 aromatic heterocycles. The first-order chi connectivity index (χ1) is 13.3. The van der Waals surface area contributed by atoms with Crippen LogP contribution in [0.4, 0.5) is 5.69 Å². The Balaban J connectivity index is 1.78. The lowest BCUT2D eigenvalue weighted by molar-refractivity contribution is -0.385. The molecule has 0 amide bonds. The Hall–Kier alpha value is -3.16. The second-order valence-electron chi connectivity index (χ2n) is 6.09. The van der Waals surface area contributed by atoms with E-state index in [2.05, 4.69) is 0 Å². The van der Waals surface area contributed by atoms with Crippen LogP contribution in [0.2, 0.25) is 0 Å². The van der Waals surface area contributed by atoms with Crippen molar-refractivity contribution in [2.75, 3.05) is 13.2 Å². The second-order valence-corrected chi connectivity index (χ2v) is 7.70. The molecule has 0 spiro atoms. The van der Waals surface area contributed by atoms with Gasteiger partial charge in [-0.2, -0.15) is 13.7 Å². The first kappa shape index (κ1) is 19.6. The third kappa shape index (κ3) is 4.05. The van der Waals surface area contributed by atoms with Gasteiger partial charge in [0, 0.05) is 6.07 Å². The molecule has 28 heavy (non-hydrogen) atoms. The van der Waals surface area contributed by atoms with Crippen LogP contribution in [0.15, 0.2) is 41.3 Å². The van der Waals surface area contributed by atoms with Crippen LogP contribution in [0.1, 0.15) is 11.1 Å². The van der Waals surface area contributed by atoms with Crippen LogP contribution in [0.3, 0.4) is 0 Å². The molecule has 0 saturated heterocycles. The normalized spacial score (nSPS) is 15.6. The smallest absolute Gasteiger partial charge is 0.297 e. The van der Waals surface area contributed by atoms with Gasteiger partial charge in [0.05, 0.1) is 27.9 Å². The first-order valence-corrected chi connectivity index (χ1v) is 9.65. The van der Waals surface area contributed by atoms with Gasteiger partial charge in [-0.3, -0.25) is 14.3 Å². The highest BCUT2D eigenvalue weighted by molar-refractivity contribution is 7.86. The van der Waals surface area contributed by atoms with Crippen LogP contribution in [-0.4, -0.2) is 32.7 Å². The van der Waals surface area contributed by atoms with Gasteiger partial charge in [0.25, 0.3) is 15.8 Å². The van der Waals surface area contributed by atoms with Gasteiger partial charge in [-0.15, -0.1) is 0 Å². The molecule has 0 saturated carbocycles. The number of rotatable bonds is 6. The molecule has 2 aromatic carbocycles. The number of nitrogens with zero attached hydrogens (tertiary/aromatic N) is 2. The monoisotopic (exact) mass is 404 g/mol. The third-order valence-electron chi connectivity index (χ3n) is 4.08. The van der Waals surface area contributed by atoms with Gasteiger partial charge in [0.2, 0.25) is 0 Å². The number of ether oxygens (including phenoxy) is 2. The van der Waals surface area contributed by atoms with Crippen molar-refractivity contribution >= 4 is 15.8 Å². The molecule has 0 N–H and O–H groups in total. The maximum atomic E-state index is 12.3. The Morgan fingerprint density at radius 2 is 2.00 bits per heavy atom. The number of nitriles is 1. The molecule has 10 heteroatoms. The van der Waals surface area contributed by atoms with Crippen molar-refractivity contribution in [1.29, 1.82) is 5.26 Å². The molecular formula is C18H16N2O7S. The molecule has 0 radical (unpaired) electrons. The summed E-state index contributed by atoms with van der Waals surface area (Å²) in [5, 5.41) is 20.2. The summed E-state index contributed by atoms with van der Waals surface area (Å²) < 4.78 is 40.8. The SMILES string of the molecule is Cc1ccc(S(=O)(=O)OCC2COc3ccc([N+](=O)[O-])c(CC#N)c3O2)cc1. The van der Waals surface area contributed by atoms with E-state index in [9.17, 15) is 18.5 Å². The van der Waals surface area contributed by atoms with Crippen LogP contribution in [0, 0.1) is 28.4 Å². The molecule has 1 atom stereocenters.